The Balaban J connectivity index is 2.00. The van der Waals surface area contributed by atoms with Crippen LogP contribution in [0.4, 0.5) is 0 Å². The van der Waals surface area contributed by atoms with Crippen LogP contribution in [-0.4, -0.2) is 61.4 Å². The van der Waals surface area contributed by atoms with E-state index in [1.807, 2.05) is 0 Å². The third kappa shape index (κ3) is 2.12. The number of β-amino-alcohol motifs (C(OH)–C–C–N with tert-alkyl or cyclic N) is 1. The second-order valence-corrected chi connectivity index (χ2v) is 3.91. The van der Waals surface area contributed by atoms with E-state index in [1.54, 1.807) is 7.05 Å². The summed E-state index contributed by atoms with van der Waals surface area (Å²) in [7, 11) is 1.65. The van der Waals surface area contributed by atoms with E-state index in [0.29, 0.717) is 26.3 Å². The maximum absolute atomic E-state index is 11.9. The minimum absolute atomic E-state index is 0.202. The van der Waals surface area contributed by atoms with Gasteiger partial charge in [0.05, 0.1) is 12.1 Å². The molecule has 2 aliphatic heterocycles. The second kappa shape index (κ2) is 4.71. The maximum atomic E-state index is 11.9. The number of carbonyl (C=O) groups is 1. The highest BCUT2D eigenvalue weighted by Gasteiger charge is 2.33. The number of rotatable bonds is 2. The lowest BCUT2D eigenvalue weighted by molar-refractivity contribution is -0.134. The van der Waals surface area contributed by atoms with Gasteiger partial charge in [0.1, 0.15) is 19.5 Å². The Morgan fingerprint density at radius 2 is 2.38 bits per heavy atom. The third-order valence-electron chi connectivity index (χ3n) is 2.83. The normalized spacial score (nSPS) is 29.0. The predicted octanol–water partition coefficient (Wildman–Crippen LogP) is -1.33. The molecule has 2 atom stereocenters. The molecule has 2 heterocycles. The molecule has 1 saturated heterocycles. The predicted molar refractivity (Wildman–Crippen MR) is 55.4 cm³/mol. The zero-order valence-corrected chi connectivity index (χ0v) is 9.18. The first-order chi connectivity index (χ1) is 7.70. The van der Waals surface area contributed by atoms with Crippen molar-refractivity contribution >= 4 is 5.91 Å². The first-order valence-electron chi connectivity index (χ1n) is 5.30. The van der Waals surface area contributed by atoms with Gasteiger partial charge in [-0.25, -0.2) is 0 Å². The van der Waals surface area contributed by atoms with Crippen molar-refractivity contribution < 1.29 is 19.4 Å². The molecule has 0 spiro atoms. The van der Waals surface area contributed by atoms with E-state index >= 15 is 0 Å². The molecule has 1 fully saturated rings. The number of ether oxygens (including phenoxy) is 2. The van der Waals surface area contributed by atoms with Crippen molar-refractivity contribution in [1.82, 2.24) is 10.2 Å². The van der Waals surface area contributed by atoms with Crippen LogP contribution in [0.3, 0.4) is 0 Å². The van der Waals surface area contributed by atoms with Crippen molar-refractivity contribution in [3.63, 3.8) is 0 Å². The van der Waals surface area contributed by atoms with Crippen molar-refractivity contribution in [3.05, 3.63) is 12.0 Å². The zero-order valence-electron chi connectivity index (χ0n) is 9.18. The van der Waals surface area contributed by atoms with Crippen molar-refractivity contribution in [2.75, 3.05) is 33.4 Å². The van der Waals surface area contributed by atoms with Crippen LogP contribution in [-0.2, 0) is 14.3 Å². The summed E-state index contributed by atoms with van der Waals surface area (Å²) in [6.45, 7) is 1.96. The number of aliphatic hydroxyl groups excluding tert-OH is 1. The zero-order chi connectivity index (χ0) is 11.5. The van der Waals surface area contributed by atoms with Gasteiger partial charge in [-0.3, -0.25) is 4.79 Å². The van der Waals surface area contributed by atoms with Crippen LogP contribution in [0.15, 0.2) is 12.0 Å². The maximum Gasteiger partial charge on any atom is 0.292 e. The Hall–Kier alpha value is -1.27. The topological polar surface area (TPSA) is 71.0 Å². The molecule has 0 aromatic heterocycles. The molecule has 2 aliphatic rings. The van der Waals surface area contributed by atoms with Crippen LogP contribution in [0.2, 0.25) is 0 Å². The fourth-order valence-electron chi connectivity index (χ4n) is 1.85. The fourth-order valence-corrected chi connectivity index (χ4v) is 1.85. The molecule has 90 valence electrons. The van der Waals surface area contributed by atoms with Gasteiger partial charge in [0, 0.05) is 20.1 Å². The minimum atomic E-state index is -0.529. The summed E-state index contributed by atoms with van der Waals surface area (Å²) in [5.41, 5.74) is 0. The first-order valence-corrected chi connectivity index (χ1v) is 5.30. The van der Waals surface area contributed by atoms with E-state index in [4.69, 9.17) is 9.47 Å². The van der Waals surface area contributed by atoms with Crippen molar-refractivity contribution in [2.24, 2.45) is 0 Å². The molecule has 0 bridgehead atoms. The van der Waals surface area contributed by atoms with Gasteiger partial charge in [0.15, 0.2) is 0 Å². The van der Waals surface area contributed by atoms with E-state index < -0.39 is 6.10 Å². The van der Waals surface area contributed by atoms with E-state index in [9.17, 15) is 9.90 Å². The molecule has 2 N–H and O–H groups in total. The molecular weight excluding hydrogens is 212 g/mol. The Kier molecular flexibility index (Phi) is 3.31. The van der Waals surface area contributed by atoms with Gasteiger partial charge in [-0.2, -0.15) is 0 Å². The fraction of sp³-hybridized carbons (Fsp3) is 0.700. The molecule has 0 unspecified atom stereocenters. The quantitative estimate of drug-likeness (QED) is 0.612. The van der Waals surface area contributed by atoms with Crippen LogP contribution in [0.5, 0.6) is 0 Å². The van der Waals surface area contributed by atoms with E-state index in [1.165, 1.54) is 11.2 Å². The lowest BCUT2D eigenvalue weighted by Gasteiger charge is -2.27. The van der Waals surface area contributed by atoms with Crippen LogP contribution in [0, 0.1) is 0 Å². The number of nitrogens with zero attached hydrogens (tertiary/aromatic N) is 1. The molecular formula is C10H16N2O4. The standard InChI is InChI=1S/C10H16N2O4/c1-12(7-4-11-5-8(7)13)10(14)9-6-15-2-3-16-9/h6-8,11,13H,2-5H2,1H3/t7-,8-/m1/s1. The van der Waals surface area contributed by atoms with E-state index in [-0.39, 0.29) is 17.7 Å². The number of nitrogens with one attached hydrogen (secondary N) is 1. The Bertz CT molecular complexity index is 305. The minimum Gasteiger partial charge on any atom is -0.494 e. The molecule has 0 radical (unpaired) electrons. The van der Waals surface area contributed by atoms with Gasteiger partial charge < -0.3 is 24.8 Å². The summed E-state index contributed by atoms with van der Waals surface area (Å²) in [5.74, 6) is -0.0553. The lowest BCUT2D eigenvalue weighted by atomic mass is 10.2. The highest BCUT2D eigenvalue weighted by atomic mass is 16.6. The Morgan fingerprint density at radius 3 is 2.94 bits per heavy atom. The van der Waals surface area contributed by atoms with Crippen molar-refractivity contribution in [1.29, 1.82) is 0 Å². The summed E-state index contributed by atoms with van der Waals surface area (Å²) >= 11 is 0. The van der Waals surface area contributed by atoms with E-state index in [0.717, 1.165) is 0 Å². The highest BCUT2D eigenvalue weighted by Crippen LogP contribution is 2.13. The molecule has 6 nitrogen and oxygen atoms in total. The average Bonchev–Trinajstić information content (AvgIpc) is 2.75. The molecule has 1 amide bonds. The third-order valence-corrected chi connectivity index (χ3v) is 2.83. The van der Waals surface area contributed by atoms with Gasteiger partial charge >= 0.3 is 0 Å². The van der Waals surface area contributed by atoms with Gasteiger partial charge in [0.25, 0.3) is 5.91 Å². The van der Waals surface area contributed by atoms with Gasteiger partial charge in [-0.1, -0.05) is 0 Å². The number of likely N-dealkylation sites (N-methyl/N-ethyl adjacent to an activating group) is 1. The molecule has 16 heavy (non-hydrogen) atoms. The van der Waals surface area contributed by atoms with Gasteiger partial charge in [0.2, 0.25) is 5.76 Å². The molecule has 2 rings (SSSR count). The first kappa shape index (κ1) is 11.2. The SMILES string of the molecule is CN(C(=O)C1=COCCO1)[C@@H]1CNC[C@H]1O. The number of hydrogen-bond donors (Lipinski definition) is 2. The smallest absolute Gasteiger partial charge is 0.292 e. The monoisotopic (exact) mass is 228 g/mol. The van der Waals surface area contributed by atoms with Gasteiger partial charge in [-0.05, 0) is 0 Å². The second-order valence-electron chi connectivity index (χ2n) is 3.91. The highest BCUT2D eigenvalue weighted by molar-refractivity contribution is 5.91. The Morgan fingerprint density at radius 1 is 1.56 bits per heavy atom. The number of aliphatic hydroxyl groups is 1. The Labute approximate surface area is 93.8 Å². The van der Waals surface area contributed by atoms with Crippen molar-refractivity contribution in [2.45, 2.75) is 12.1 Å². The number of amides is 1. The molecule has 0 aromatic rings. The van der Waals surface area contributed by atoms with Crippen LogP contribution in [0.25, 0.3) is 0 Å². The van der Waals surface area contributed by atoms with Crippen molar-refractivity contribution in [3.8, 4) is 0 Å². The summed E-state index contributed by atoms with van der Waals surface area (Å²) in [6.07, 6.45) is 0.802. The molecule has 6 heteroatoms. The van der Waals surface area contributed by atoms with E-state index in [2.05, 4.69) is 5.32 Å². The molecule has 0 aromatic carbocycles. The summed E-state index contributed by atoms with van der Waals surface area (Å²) in [6, 6.07) is -0.209. The summed E-state index contributed by atoms with van der Waals surface area (Å²) in [4.78, 5) is 13.4. The lowest BCUT2D eigenvalue weighted by Crippen LogP contribution is -2.45. The average molecular weight is 228 g/mol. The molecule has 0 aliphatic carbocycles. The van der Waals surface area contributed by atoms with Crippen LogP contribution in [0.1, 0.15) is 0 Å². The number of hydrogen-bond acceptors (Lipinski definition) is 5. The summed E-state index contributed by atoms with van der Waals surface area (Å²) in [5, 5.41) is 12.7. The van der Waals surface area contributed by atoms with Crippen LogP contribution < -0.4 is 5.32 Å². The van der Waals surface area contributed by atoms with Crippen LogP contribution >= 0.6 is 0 Å². The number of carbonyl (C=O) groups excluding carboxylic acids is 1. The largest absolute Gasteiger partial charge is 0.494 e. The summed E-state index contributed by atoms with van der Waals surface area (Å²) < 4.78 is 10.2. The molecule has 0 saturated carbocycles. The van der Waals surface area contributed by atoms with Gasteiger partial charge in [-0.15, -0.1) is 0 Å².